The van der Waals surface area contributed by atoms with Crippen LogP contribution in [0.3, 0.4) is 0 Å². The van der Waals surface area contributed by atoms with E-state index in [1.165, 1.54) is 11.1 Å². The van der Waals surface area contributed by atoms with Gasteiger partial charge in [0, 0.05) is 17.6 Å². The van der Waals surface area contributed by atoms with Gasteiger partial charge in [0.15, 0.2) is 0 Å². The van der Waals surface area contributed by atoms with E-state index < -0.39 is 0 Å². The van der Waals surface area contributed by atoms with Gasteiger partial charge in [-0.1, -0.05) is 48.8 Å². The second-order valence-corrected chi connectivity index (χ2v) is 7.42. The molecule has 0 N–H and O–H groups in total. The Bertz CT molecular complexity index is 484. The summed E-state index contributed by atoms with van der Waals surface area (Å²) in [4.78, 5) is 0.270. The van der Waals surface area contributed by atoms with E-state index in [9.17, 15) is 0 Å². The van der Waals surface area contributed by atoms with Crippen molar-refractivity contribution in [1.29, 1.82) is 0 Å². The maximum Gasteiger partial charge on any atom is 0.123 e. The summed E-state index contributed by atoms with van der Waals surface area (Å²) in [5.74, 6) is 1.65. The smallest absolute Gasteiger partial charge is 0.123 e. The highest BCUT2D eigenvalue weighted by atomic mass is 79.9. The van der Waals surface area contributed by atoms with Crippen LogP contribution in [0.2, 0.25) is 0 Å². The van der Waals surface area contributed by atoms with E-state index in [1.54, 1.807) is 0 Å². The molecule has 0 bridgehead atoms. The molecule has 0 saturated carbocycles. The molecule has 0 radical (unpaired) electrons. The van der Waals surface area contributed by atoms with Crippen LogP contribution in [0.15, 0.2) is 18.2 Å². The quantitative estimate of drug-likeness (QED) is 0.758. The summed E-state index contributed by atoms with van der Waals surface area (Å²) in [6.07, 6.45) is 1.44. The number of fused-ring (bicyclic) bond motifs is 1. The summed E-state index contributed by atoms with van der Waals surface area (Å²) >= 11 is 3.83. The largest absolute Gasteiger partial charge is 0.492 e. The Balaban J connectivity index is 1.90. The highest BCUT2D eigenvalue weighted by Gasteiger charge is 2.35. The minimum atomic E-state index is 0.111. The minimum Gasteiger partial charge on any atom is -0.492 e. The van der Waals surface area contributed by atoms with Gasteiger partial charge in [-0.3, -0.25) is 0 Å². The van der Waals surface area contributed by atoms with E-state index in [-0.39, 0.29) is 16.3 Å². The molecule has 1 aromatic carbocycles. The lowest BCUT2D eigenvalue weighted by Gasteiger charge is -2.23. The molecule has 19 heavy (non-hydrogen) atoms. The number of benzene rings is 1. The van der Waals surface area contributed by atoms with Crippen LogP contribution in [0, 0.1) is 5.92 Å². The summed E-state index contributed by atoms with van der Waals surface area (Å²) in [7, 11) is 0. The summed E-state index contributed by atoms with van der Waals surface area (Å²) in [5, 5.41) is 0. The fourth-order valence-electron chi connectivity index (χ4n) is 2.99. The van der Waals surface area contributed by atoms with Crippen LogP contribution >= 0.6 is 15.9 Å². The van der Waals surface area contributed by atoms with Gasteiger partial charge < -0.3 is 9.47 Å². The van der Waals surface area contributed by atoms with Crippen LogP contribution in [0.1, 0.15) is 43.1 Å². The molecule has 3 heteroatoms. The van der Waals surface area contributed by atoms with E-state index >= 15 is 0 Å². The maximum absolute atomic E-state index is 5.87. The Morgan fingerprint density at radius 1 is 1.37 bits per heavy atom. The van der Waals surface area contributed by atoms with Gasteiger partial charge in [-0.2, -0.15) is 0 Å². The van der Waals surface area contributed by atoms with E-state index in [4.69, 9.17) is 9.47 Å². The molecule has 3 unspecified atom stereocenters. The predicted octanol–water partition coefficient (Wildman–Crippen LogP) is 4.22. The molecular weight excluding hydrogens is 304 g/mol. The molecule has 2 aliphatic heterocycles. The van der Waals surface area contributed by atoms with Crippen molar-refractivity contribution >= 4 is 15.9 Å². The zero-order chi connectivity index (χ0) is 13.6. The fraction of sp³-hybridized carbons (Fsp3) is 0.625. The summed E-state index contributed by atoms with van der Waals surface area (Å²) < 4.78 is 11.6. The van der Waals surface area contributed by atoms with Gasteiger partial charge in [0.25, 0.3) is 0 Å². The summed E-state index contributed by atoms with van der Waals surface area (Å²) in [6.45, 7) is 8.40. The van der Waals surface area contributed by atoms with E-state index in [2.05, 4.69) is 54.9 Å². The third-order valence-corrected chi connectivity index (χ3v) is 5.42. The summed E-state index contributed by atoms with van der Waals surface area (Å²) in [5.41, 5.74) is 2.73. The van der Waals surface area contributed by atoms with Crippen molar-refractivity contribution in [3.8, 4) is 5.75 Å². The molecular formula is C16H21BrO2. The normalized spacial score (nSPS) is 29.9. The van der Waals surface area contributed by atoms with Crippen LogP contribution in [0.5, 0.6) is 5.75 Å². The van der Waals surface area contributed by atoms with Gasteiger partial charge in [0.05, 0.1) is 17.5 Å². The van der Waals surface area contributed by atoms with Gasteiger partial charge in [0.2, 0.25) is 0 Å². The van der Waals surface area contributed by atoms with Crippen molar-refractivity contribution in [3.05, 3.63) is 29.3 Å². The first-order chi connectivity index (χ1) is 8.99. The predicted molar refractivity (Wildman–Crippen MR) is 80.2 cm³/mol. The van der Waals surface area contributed by atoms with E-state index in [0.717, 1.165) is 25.4 Å². The Labute approximate surface area is 123 Å². The topological polar surface area (TPSA) is 18.5 Å². The first-order valence-electron chi connectivity index (χ1n) is 7.02. The molecule has 104 valence electrons. The van der Waals surface area contributed by atoms with Crippen molar-refractivity contribution in [1.82, 2.24) is 0 Å². The van der Waals surface area contributed by atoms with Crippen molar-refractivity contribution in [2.75, 3.05) is 13.2 Å². The molecule has 1 saturated heterocycles. The Hall–Kier alpha value is -0.540. The third kappa shape index (κ3) is 2.31. The average Bonchev–Trinajstić information content (AvgIpc) is 2.93. The highest BCUT2D eigenvalue weighted by Crippen LogP contribution is 2.43. The lowest BCUT2D eigenvalue weighted by molar-refractivity contribution is 0.0935. The van der Waals surface area contributed by atoms with Crippen LogP contribution in [-0.2, 0) is 10.2 Å². The molecule has 0 aliphatic carbocycles. The molecule has 3 rings (SSSR count). The zero-order valence-electron chi connectivity index (χ0n) is 11.8. The minimum absolute atomic E-state index is 0.111. The van der Waals surface area contributed by atoms with Crippen LogP contribution in [0.25, 0.3) is 0 Å². The molecule has 0 spiro atoms. The number of ether oxygens (including phenoxy) is 2. The van der Waals surface area contributed by atoms with Crippen LogP contribution in [-0.4, -0.2) is 19.3 Å². The molecule has 2 nitrogen and oxygen atoms in total. The number of rotatable bonds is 2. The Morgan fingerprint density at radius 2 is 2.16 bits per heavy atom. The molecule has 0 aromatic heterocycles. The molecule has 1 fully saturated rings. The molecule has 3 atom stereocenters. The zero-order valence-corrected chi connectivity index (χ0v) is 13.4. The third-order valence-electron chi connectivity index (χ3n) is 4.37. The average molecular weight is 325 g/mol. The van der Waals surface area contributed by atoms with Crippen LogP contribution < -0.4 is 4.74 Å². The van der Waals surface area contributed by atoms with Gasteiger partial charge in [-0.15, -0.1) is 0 Å². The molecule has 1 aromatic rings. The van der Waals surface area contributed by atoms with Crippen molar-refractivity contribution in [2.45, 2.75) is 43.5 Å². The van der Waals surface area contributed by atoms with Gasteiger partial charge in [0.1, 0.15) is 5.75 Å². The standard InChI is InChI=1S/C16H21BrO2/c1-10-6-7-18-15(10)14(17)11-4-5-13-12(8-11)16(2,3)9-19-13/h4-5,8,10,14-15H,6-7,9H2,1-3H3. The number of halogens is 1. The highest BCUT2D eigenvalue weighted by molar-refractivity contribution is 9.09. The van der Waals surface area contributed by atoms with Gasteiger partial charge in [-0.25, -0.2) is 0 Å². The van der Waals surface area contributed by atoms with Crippen molar-refractivity contribution in [3.63, 3.8) is 0 Å². The fourth-order valence-corrected chi connectivity index (χ4v) is 3.95. The van der Waals surface area contributed by atoms with Crippen molar-refractivity contribution in [2.24, 2.45) is 5.92 Å². The first-order valence-corrected chi connectivity index (χ1v) is 7.93. The Morgan fingerprint density at radius 3 is 2.84 bits per heavy atom. The van der Waals surface area contributed by atoms with Gasteiger partial charge >= 0.3 is 0 Å². The van der Waals surface area contributed by atoms with Gasteiger partial charge in [-0.05, 0) is 24.0 Å². The van der Waals surface area contributed by atoms with Crippen molar-refractivity contribution < 1.29 is 9.47 Å². The first kappa shape index (κ1) is 13.4. The maximum atomic E-state index is 5.87. The summed E-state index contributed by atoms with van der Waals surface area (Å²) in [6, 6.07) is 6.55. The molecule has 0 amide bonds. The van der Waals surface area contributed by atoms with E-state index in [0.29, 0.717) is 5.92 Å². The SMILES string of the molecule is CC1CCOC1C(Br)c1ccc2c(c1)C(C)(C)CO2. The number of hydrogen-bond acceptors (Lipinski definition) is 2. The molecule has 2 heterocycles. The molecule has 2 aliphatic rings. The Kier molecular flexibility index (Phi) is 3.38. The second kappa shape index (κ2) is 4.78. The number of alkyl halides is 1. The number of hydrogen-bond donors (Lipinski definition) is 0. The monoisotopic (exact) mass is 324 g/mol. The van der Waals surface area contributed by atoms with E-state index in [1.807, 2.05) is 0 Å². The van der Waals surface area contributed by atoms with Crippen LogP contribution in [0.4, 0.5) is 0 Å². The lowest BCUT2D eigenvalue weighted by Crippen LogP contribution is -2.20. The lowest BCUT2D eigenvalue weighted by atomic mass is 9.85. The second-order valence-electron chi connectivity index (χ2n) is 6.43.